The van der Waals surface area contributed by atoms with Gasteiger partial charge in [0.15, 0.2) is 0 Å². The number of hydrogen-bond donors (Lipinski definition) is 2. The predicted molar refractivity (Wildman–Crippen MR) is 94.9 cm³/mol. The fraction of sp³-hybridized carbons (Fsp3) is 0.556. The van der Waals surface area contributed by atoms with Crippen molar-refractivity contribution in [3.8, 4) is 0 Å². The fourth-order valence-corrected chi connectivity index (χ4v) is 3.91. The van der Waals surface area contributed by atoms with Crippen molar-refractivity contribution in [3.05, 3.63) is 29.3 Å². The number of nitrogens with one attached hydrogen (secondary N) is 1. The highest BCUT2D eigenvalue weighted by Gasteiger charge is 2.34. The Bertz CT molecular complexity index is 622. The molecule has 1 aromatic rings. The van der Waals surface area contributed by atoms with Crippen LogP contribution in [0, 0.1) is 5.92 Å². The molecule has 6 heteroatoms. The molecule has 3 rings (SSSR count). The minimum Gasteiger partial charge on any atom is -0.344 e. The molecule has 130 valence electrons. The second-order valence-corrected chi connectivity index (χ2v) is 7.18. The van der Waals surface area contributed by atoms with Crippen LogP contribution >= 0.6 is 11.6 Å². The average molecular weight is 350 g/mol. The van der Waals surface area contributed by atoms with E-state index < -0.39 is 6.04 Å². The van der Waals surface area contributed by atoms with Gasteiger partial charge in [0.1, 0.15) is 6.04 Å². The first kappa shape index (κ1) is 17.2. The van der Waals surface area contributed by atoms with Crippen LogP contribution in [0.15, 0.2) is 24.3 Å². The Labute approximate surface area is 147 Å². The number of hydrogen-bond acceptors (Lipinski definition) is 3. The molecule has 0 bridgehead atoms. The summed E-state index contributed by atoms with van der Waals surface area (Å²) in [7, 11) is 0. The molecule has 2 fully saturated rings. The molecule has 0 unspecified atom stereocenters. The van der Waals surface area contributed by atoms with E-state index in [-0.39, 0.29) is 23.8 Å². The van der Waals surface area contributed by atoms with Crippen LogP contribution < -0.4 is 16.0 Å². The van der Waals surface area contributed by atoms with Crippen molar-refractivity contribution in [2.24, 2.45) is 11.7 Å². The molecule has 1 saturated heterocycles. The summed E-state index contributed by atoms with van der Waals surface area (Å²) in [5, 5.41) is 3.50. The number of rotatable bonds is 3. The first-order valence-corrected chi connectivity index (χ1v) is 9.06. The van der Waals surface area contributed by atoms with Crippen molar-refractivity contribution in [1.29, 1.82) is 0 Å². The molecule has 1 aliphatic carbocycles. The van der Waals surface area contributed by atoms with Gasteiger partial charge in [-0.05, 0) is 44.2 Å². The monoisotopic (exact) mass is 349 g/mol. The van der Waals surface area contributed by atoms with Gasteiger partial charge in [-0.2, -0.15) is 0 Å². The van der Waals surface area contributed by atoms with E-state index in [4.69, 9.17) is 17.3 Å². The molecular weight excluding hydrogens is 326 g/mol. The van der Waals surface area contributed by atoms with Gasteiger partial charge < -0.3 is 16.0 Å². The third kappa shape index (κ3) is 3.73. The normalized spacial score (nSPS) is 27.8. The second kappa shape index (κ2) is 7.53. The highest BCUT2D eigenvalue weighted by Crippen LogP contribution is 2.29. The number of piperidine rings is 1. The van der Waals surface area contributed by atoms with Crippen LogP contribution in [0.3, 0.4) is 0 Å². The molecule has 24 heavy (non-hydrogen) atoms. The van der Waals surface area contributed by atoms with Crippen LogP contribution in [0.2, 0.25) is 5.02 Å². The zero-order chi connectivity index (χ0) is 17.1. The number of benzene rings is 1. The van der Waals surface area contributed by atoms with Crippen molar-refractivity contribution in [2.45, 2.75) is 50.6 Å². The number of nitrogens with zero attached hydrogens (tertiary/aromatic N) is 1. The Kier molecular flexibility index (Phi) is 5.41. The zero-order valence-electron chi connectivity index (χ0n) is 13.7. The highest BCUT2D eigenvalue weighted by molar-refractivity contribution is 6.33. The Morgan fingerprint density at radius 3 is 2.75 bits per heavy atom. The van der Waals surface area contributed by atoms with Crippen molar-refractivity contribution >= 4 is 29.1 Å². The summed E-state index contributed by atoms with van der Waals surface area (Å²) in [6.07, 6.45) is 5.03. The largest absolute Gasteiger partial charge is 0.344 e. The number of amides is 2. The smallest absolute Gasteiger partial charge is 0.249 e. The van der Waals surface area contributed by atoms with Crippen LogP contribution in [0.1, 0.15) is 38.5 Å². The first-order valence-electron chi connectivity index (χ1n) is 8.68. The molecular formula is C18H24ClN3O2. The second-order valence-electron chi connectivity index (χ2n) is 6.77. The lowest BCUT2D eigenvalue weighted by molar-refractivity contribution is -0.131. The van der Waals surface area contributed by atoms with E-state index in [1.807, 2.05) is 18.2 Å². The molecule has 0 radical (unpaired) electrons. The molecule has 0 aromatic heterocycles. The van der Waals surface area contributed by atoms with E-state index in [2.05, 4.69) is 5.32 Å². The molecule has 3 atom stereocenters. The lowest BCUT2D eigenvalue weighted by atomic mass is 9.85. The van der Waals surface area contributed by atoms with Gasteiger partial charge in [-0.3, -0.25) is 9.59 Å². The van der Waals surface area contributed by atoms with Crippen molar-refractivity contribution < 1.29 is 9.59 Å². The number of para-hydroxylation sites is 1. The lowest BCUT2D eigenvalue weighted by Gasteiger charge is -2.34. The Balaban J connectivity index is 1.67. The number of nitrogens with two attached hydrogens (primary N) is 1. The molecule has 3 N–H and O–H groups in total. The lowest BCUT2D eigenvalue weighted by Crippen LogP contribution is -2.54. The SMILES string of the molecule is N[C@@H]1CCC[C@@H](C(=O)N[C@H]2CCCN(c3ccccc3Cl)C2=O)C1. The van der Waals surface area contributed by atoms with Gasteiger partial charge in [0.05, 0.1) is 10.7 Å². The van der Waals surface area contributed by atoms with Crippen LogP contribution in [0.25, 0.3) is 0 Å². The van der Waals surface area contributed by atoms with Gasteiger partial charge in [0, 0.05) is 18.5 Å². The molecule has 0 spiro atoms. The molecule has 1 heterocycles. The number of anilines is 1. The Morgan fingerprint density at radius 1 is 1.21 bits per heavy atom. The summed E-state index contributed by atoms with van der Waals surface area (Å²) in [4.78, 5) is 27.0. The standard InChI is InChI=1S/C18H24ClN3O2/c19-14-7-1-2-9-16(14)22-10-4-8-15(18(22)24)21-17(23)12-5-3-6-13(20)11-12/h1-2,7,9,12-13,15H,3-6,8,10-11,20H2,(H,21,23)/t12-,13-,15+/m1/s1. The summed E-state index contributed by atoms with van der Waals surface area (Å²) < 4.78 is 0. The number of halogens is 1. The van der Waals surface area contributed by atoms with E-state index in [0.29, 0.717) is 30.1 Å². The Hall–Kier alpha value is -1.59. The molecule has 1 aromatic carbocycles. The quantitative estimate of drug-likeness (QED) is 0.880. The van der Waals surface area contributed by atoms with Gasteiger partial charge >= 0.3 is 0 Å². The fourth-order valence-electron chi connectivity index (χ4n) is 3.67. The highest BCUT2D eigenvalue weighted by atomic mass is 35.5. The van der Waals surface area contributed by atoms with Gasteiger partial charge in [0.25, 0.3) is 0 Å². The van der Waals surface area contributed by atoms with Gasteiger partial charge in [-0.25, -0.2) is 0 Å². The van der Waals surface area contributed by atoms with Crippen LogP contribution in [-0.4, -0.2) is 30.4 Å². The van der Waals surface area contributed by atoms with Crippen LogP contribution in [0.4, 0.5) is 5.69 Å². The zero-order valence-corrected chi connectivity index (χ0v) is 14.5. The molecule has 5 nitrogen and oxygen atoms in total. The van der Waals surface area contributed by atoms with Crippen molar-refractivity contribution in [1.82, 2.24) is 5.32 Å². The molecule has 2 aliphatic rings. The Morgan fingerprint density at radius 2 is 2.00 bits per heavy atom. The third-order valence-corrected chi connectivity index (χ3v) is 5.30. The predicted octanol–water partition coefficient (Wildman–Crippen LogP) is 2.47. The van der Waals surface area contributed by atoms with E-state index in [0.717, 1.165) is 25.7 Å². The number of carbonyl (C=O) groups is 2. The van der Waals surface area contributed by atoms with Gasteiger partial charge in [0.2, 0.25) is 11.8 Å². The van der Waals surface area contributed by atoms with Crippen LogP contribution in [0.5, 0.6) is 0 Å². The van der Waals surface area contributed by atoms with E-state index in [9.17, 15) is 9.59 Å². The summed E-state index contributed by atoms with van der Waals surface area (Å²) >= 11 is 6.22. The maximum Gasteiger partial charge on any atom is 0.249 e. The van der Waals surface area contributed by atoms with E-state index in [1.165, 1.54) is 0 Å². The molecule has 1 aliphatic heterocycles. The van der Waals surface area contributed by atoms with Crippen molar-refractivity contribution in [2.75, 3.05) is 11.4 Å². The maximum absolute atomic E-state index is 12.8. The average Bonchev–Trinajstić information content (AvgIpc) is 2.57. The van der Waals surface area contributed by atoms with Crippen molar-refractivity contribution in [3.63, 3.8) is 0 Å². The maximum atomic E-state index is 12.8. The van der Waals surface area contributed by atoms with Gasteiger partial charge in [-0.15, -0.1) is 0 Å². The minimum absolute atomic E-state index is 0.0375. The van der Waals surface area contributed by atoms with Crippen LogP contribution in [-0.2, 0) is 9.59 Å². The van der Waals surface area contributed by atoms with E-state index >= 15 is 0 Å². The third-order valence-electron chi connectivity index (χ3n) is 4.98. The summed E-state index contributed by atoms with van der Waals surface area (Å²) in [5.74, 6) is -0.190. The topological polar surface area (TPSA) is 75.4 Å². The molecule has 2 amide bonds. The number of carbonyl (C=O) groups excluding carboxylic acids is 2. The summed E-state index contributed by atoms with van der Waals surface area (Å²) in [5.41, 5.74) is 6.68. The van der Waals surface area contributed by atoms with Gasteiger partial charge in [-0.1, -0.05) is 30.2 Å². The van der Waals surface area contributed by atoms with E-state index in [1.54, 1.807) is 11.0 Å². The summed E-state index contributed by atoms with van der Waals surface area (Å²) in [6, 6.07) is 6.93. The first-order chi connectivity index (χ1) is 11.6. The molecule has 1 saturated carbocycles. The minimum atomic E-state index is -0.472. The summed E-state index contributed by atoms with van der Waals surface area (Å²) in [6.45, 7) is 0.628.